The number of aliphatic hydroxyl groups excluding tert-OH is 1. The molecule has 0 radical (unpaired) electrons. The molecule has 2 aromatic rings. The molecule has 0 spiro atoms. The summed E-state index contributed by atoms with van der Waals surface area (Å²) in [5, 5.41) is 14.2. The Hall–Kier alpha value is -2.41. The van der Waals surface area contributed by atoms with Gasteiger partial charge in [0.1, 0.15) is 17.7 Å². The van der Waals surface area contributed by atoms with Gasteiger partial charge >= 0.3 is 0 Å². The van der Waals surface area contributed by atoms with Gasteiger partial charge in [-0.3, -0.25) is 10.1 Å². The molecule has 6 heteroatoms. The van der Waals surface area contributed by atoms with E-state index < -0.39 is 6.23 Å². The number of rotatable bonds is 15. The first-order valence-electron chi connectivity index (χ1n) is 13.1. The van der Waals surface area contributed by atoms with Gasteiger partial charge in [0.05, 0.1) is 12.7 Å². The average Bonchev–Trinajstić information content (AvgIpc) is 3.36. The summed E-state index contributed by atoms with van der Waals surface area (Å²) in [6.45, 7) is 9.48. The number of Topliss-reactive ketones (excluding diaryl/α,β-unsaturated/α-hetero) is 1. The summed E-state index contributed by atoms with van der Waals surface area (Å²) in [7, 11) is 0. The van der Waals surface area contributed by atoms with Crippen LogP contribution in [0.25, 0.3) is 0 Å². The number of nitrogens with one attached hydrogen (secondary N) is 1. The highest BCUT2D eigenvalue weighted by Gasteiger charge is 2.20. The molecule has 0 saturated carbocycles. The zero-order valence-electron chi connectivity index (χ0n) is 21.5. The van der Waals surface area contributed by atoms with Crippen LogP contribution in [0.5, 0.6) is 11.5 Å². The molecule has 0 aromatic heterocycles. The Labute approximate surface area is 210 Å². The molecule has 6 nitrogen and oxygen atoms in total. The highest BCUT2D eigenvalue weighted by atomic mass is 16.5. The quantitative estimate of drug-likeness (QED) is 0.215. The van der Waals surface area contributed by atoms with E-state index in [1.807, 2.05) is 24.3 Å². The van der Waals surface area contributed by atoms with E-state index in [9.17, 15) is 9.90 Å². The van der Waals surface area contributed by atoms with Crippen LogP contribution in [-0.2, 0) is 6.42 Å². The third kappa shape index (κ3) is 9.63. The van der Waals surface area contributed by atoms with Gasteiger partial charge in [0.15, 0.2) is 5.78 Å². The lowest BCUT2D eigenvalue weighted by atomic mass is 10.0. The Morgan fingerprint density at radius 3 is 2.34 bits per heavy atom. The van der Waals surface area contributed by atoms with Gasteiger partial charge in [0.25, 0.3) is 0 Å². The molecule has 0 amide bonds. The van der Waals surface area contributed by atoms with Crippen LogP contribution in [0.15, 0.2) is 48.5 Å². The topological polar surface area (TPSA) is 71.0 Å². The number of ketones is 1. The van der Waals surface area contributed by atoms with E-state index in [-0.39, 0.29) is 17.9 Å². The van der Waals surface area contributed by atoms with Crippen LogP contribution in [0.3, 0.4) is 0 Å². The van der Waals surface area contributed by atoms with Crippen LogP contribution in [0.1, 0.15) is 68.8 Å². The van der Waals surface area contributed by atoms with Crippen molar-refractivity contribution in [2.45, 2.75) is 77.7 Å². The van der Waals surface area contributed by atoms with Gasteiger partial charge in [-0.1, -0.05) is 19.1 Å². The Kier molecular flexibility index (Phi) is 11.0. The third-order valence-electron chi connectivity index (χ3n) is 6.57. The zero-order valence-corrected chi connectivity index (χ0v) is 21.5. The third-order valence-corrected chi connectivity index (χ3v) is 6.57. The average molecular weight is 483 g/mol. The molecule has 3 rings (SSSR count). The van der Waals surface area contributed by atoms with Crippen LogP contribution in [0, 0.1) is 0 Å². The second kappa shape index (κ2) is 14.2. The Bertz CT molecular complexity index is 879. The predicted octanol–water partition coefficient (Wildman–Crippen LogP) is 4.84. The molecule has 2 aromatic carbocycles. The fourth-order valence-corrected chi connectivity index (χ4v) is 4.37. The predicted molar refractivity (Wildman–Crippen MR) is 140 cm³/mol. The Morgan fingerprint density at radius 2 is 1.71 bits per heavy atom. The summed E-state index contributed by atoms with van der Waals surface area (Å²) < 4.78 is 11.7. The van der Waals surface area contributed by atoms with Crippen LogP contribution >= 0.6 is 0 Å². The van der Waals surface area contributed by atoms with Crippen LogP contribution in [0.2, 0.25) is 0 Å². The van der Waals surface area contributed by atoms with Crippen LogP contribution in [-0.4, -0.2) is 60.4 Å². The normalized spacial score (nSPS) is 16.6. The highest BCUT2D eigenvalue weighted by Crippen LogP contribution is 2.18. The van der Waals surface area contributed by atoms with Gasteiger partial charge in [-0.05, 0) is 107 Å². The number of carbonyl (C=O) groups is 1. The summed E-state index contributed by atoms with van der Waals surface area (Å²) >= 11 is 0. The zero-order chi connectivity index (χ0) is 25.0. The molecule has 3 atom stereocenters. The van der Waals surface area contributed by atoms with Gasteiger partial charge in [-0.2, -0.15) is 0 Å². The van der Waals surface area contributed by atoms with E-state index in [0.29, 0.717) is 18.6 Å². The SMILES string of the molecule is CCC(C)Oc1ccc(CC(CN2CCCC2)NC(O)CCCOc2ccc(C(C)=O)cc2)cc1. The molecular weight excluding hydrogens is 440 g/mol. The minimum atomic E-state index is -0.584. The highest BCUT2D eigenvalue weighted by molar-refractivity contribution is 5.94. The van der Waals surface area contributed by atoms with Crippen molar-refractivity contribution in [2.24, 2.45) is 0 Å². The van der Waals surface area contributed by atoms with Crippen molar-refractivity contribution in [2.75, 3.05) is 26.2 Å². The van der Waals surface area contributed by atoms with E-state index in [4.69, 9.17) is 9.47 Å². The molecule has 0 aliphatic carbocycles. The van der Waals surface area contributed by atoms with Crippen molar-refractivity contribution in [3.05, 3.63) is 59.7 Å². The first kappa shape index (κ1) is 27.2. The molecule has 1 fully saturated rings. The monoisotopic (exact) mass is 482 g/mol. The number of aliphatic hydroxyl groups is 1. The number of nitrogens with zero attached hydrogens (tertiary/aromatic N) is 1. The molecule has 1 saturated heterocycles. The lowest BCUT2D eigenvalue weighted by Gasteiger charge is -2.27. The van der Waals surface area contributed by atoms with Gasteiger partial charge < -0.3 is 19.5 Å². The lowest BCUT2D eigenvalue weighted by molar-refractivity contribution is 0.0969. The molecular formula is C29H42N2O4. The summed E-state index contributed by atoms with van der Waals surface area (Å²) in [6, 6.07) is 15.7. The van der Waals surface area contributed by atoms with Gasteiger partial charge in [-0.25, -0.2) is 0 Å². The summed E-state index contributed by atoms with van der Waals surface area (Å²) in [5.74, 6) is 1.69. The number of hydrogen-bond acceptors (Lipinski definition) is 6. The molecule has 3 unspecified atom stereocenters. The van der Waals surface area contributed by atoms with E-state index >= 15 is 0 Å². The van der Waals surface area contributed by atoms with E-state index in [2.05, 4.69) is 36.2 Å². The summed E-state index contributed by atoms with van der Waals surface area (Å²) in [4.78, 5) is 13.9. The molecule has 1 aliphatic heterocycles. The molecule has 1 aliphatic rings. The van der Waals surface area contributed by atoms with E-state index in [1.54, 1.807) is 19.1 Å². The number of likely N-dealkylation sites (tertiary alicyclic amines) is 1. The van der Waals surface area contributed by atoms with Crippen molar-refractivity contribution in [3.8, 4) is 11.5 Å². The number of benzene rings is 2. The van der Waals surface area contributed by atoms with Gasteiger partial charge in [-0.15, -0.1) is 0 Å². The Morgan fingerprint density at radius 1 is 1.06 bits per heavy atom. The van der Waals surface area contributed by atoms with Gasteiger partial charge in [0.2, 0.25) is 0 Å². The van der Waals surface area contributed by atoms with Crippen molar-refractivity contribution in [1.29, 1.82) is 0 Å². The standard InChI is InChI=1S/C29H42N2O4/c1-4-22(2)35-28-13-9-24(10-14-28)20-26(21-31-17-5-6-18-31)30-29(33)8-7-19-34-27-15-11-25(12-16-27)23(3)32/h9-16,22,26,29-30,33H,4-8,17-21H2,1-3H3. The lowest BCUT2D eigenvalue weighted by Crippen LogP contribution is -2.46. The molecule has 2 N–H and O–H groups in total. The number of ether oxygens (including phenoxy) is 2. The molecule has 192 valence electrons. The molecule has 35 heavy (non-hydrogen) atoms. The van der Waals surface area contributed by atoms with Crippen molar-refractivity contribution < 1.29 is 19.4 Å². The van der Waals surface area contributed by atoms with Gasteiger partial charge in [0, 0.05) is 18.2 Å². The fraction of sp³-hybridized carbons (Fsp3) is 0.552. The fourth-order valence-electron chi connectivity index (χ4n) is 4.37. The minimum absolute atomic E-state index is 0.0459. The largest absolute Gasteiger partial charge is 0.494 e. The van der Waals surface area contributed by atoms with Crippen molar-refractivity contribution in [3.63, 3.8) is 0 Å². The maximum absolute atomic E-state index is 11.4. The second-order valence-electron chi connectivity index (χ2n) is 9.64. The second-order valence-corrected chi connectivity index (χ2v) is 9.64. The van der Waals surface area contributed by atoms with Crippen molar-refractivity contribution in [1.82, 2.24) is 10.2 Å². The summed E-state index contributed by atoms with van der Waals surface area (Å²) in [5.41, 5.74) is 1.92. The number of hydrogen-bond donors (Lipinski definition) is 2. The first-order valence-corrected chi connectivity index (χ1v) is 13.1. The maximum Gasteiger partial charge on any atom is 0.159 e. The van der Waals surface area contributed by atoms with E-state index in [1.165, 1.54) is 18.4 Å². The smallest absolute Gasteiger partial charge is 0.159 e. The minimum Gasteiger partial charge on any atom is -0.494 e. The van der Waals surface area contributed by atoms with Crippen LogP contribution in [0.4, 0.5) is 0 Å². The maximum atomic E-state index is 11.4. The Balaban J connectivity index is 1.46. The number of carbonyl (C=O) groups excluding carboxylic acids is 1. The first-order chi connectivity index (χ1) is 16.9. The molecule has 0 bridgehead atoms. The van der Waals surface area contributed by atoms with Crippen molar-refractivity contribution >= 4 is 5.78 Å². The summed E-state index contributed by atoms with van der Waals surface area (Å²) in [6.07, 6.45) is 5.33. The molecule has 1 heterocycles. The van der Waals surface area contributed by atoms with Crippen LogP contribution < -0.4 is 14.8 Å². The van der Waals surface area contributed by atoms with E-state index in [0.717, 1.165) is 50.4 Å².